The molecule has 1 nitrogen and oxygen atoms in total. The lowest BCUT2D eigenvalue weighted by molar-refractivity contribution is 1.27. The molecule has 1 unspecified atom stereocenters. The van der Waals surface area contributed by atoms with Crippen molar-refractivity contribution in [2.45, 2.75) is 5.38 Å². The van der Waals surface area contributed by atoms with Crippen LogP contribution < -0.4 is 0 Å². The lowest BCUT2D eigenvalue weighted by atomic mass is 10.4. The third-order valence-electron chi connectivity index (χ3n) is 0.957. The first-order chi connectivity index (χ1) is 4.74. The van der Waals surface area contributed by atoms with Gasteiger partial charge in [0.2, 0.25) is 0 Å². The Labute approximate surface area is 76.4 Å². The minimum absolute atomic E-state index is 0.503. The molecule has 0 aromatic carbocycles. The van der Waals surface area contributed by atoms with Crippen molar-refractivity contribution < 1.29 is 0 Å². The fourth-order valence-corrected chi connectivity index (χ4v) is 2.08. The Balaban J connectivity index is 2.87. The van der Waals surface area contributed by atoms with E-state index in [9.17, 15) is 0 Å². The van der Waals surface area contributed by atoms with Crippen LogP contribution in [0.2, 0.25) is 0 Å². The first kappa shape index (κ1) is 8.06. The molecule has 0 radical (unpaired) electrons. The van der Waals surface area contributed by atoms with E-state index in [2.05, 4.69) is 15.9 Å². The van der Waals surface area contributed by atoms with Crippen molar-refractivity contribution >= 4 is 38.9 Å². The van der Waals surface area contributed by atoms with E-state index in [4.69, 9.17) is 16.9 Å². The molecule has 1 heterocycles. The average Bonchev–Trinajstić information content (AvgIpc) is 2.34. The third kappa shape index (κ3) is 1.72. The van der Waals surface area contributed by atoms with Gasteiger partial charge >= 0.3 is 0 Å². The Morgan fingerprint density at radius 1 is 1.70 bits per heavy atom. The maximum atomic E-state index is 8.41. The number of hydrogen-bond donors (Lipinski definition) is 0. The lowest BCUT2D eigenvalue weighted by Gasteiger charge is -1.90. The normalized spacial score (nSPS) is 12.5. The quantitative estimate of drug-likeness (QED) is 0.686. The number of thiophene rings is 1. The summed E-state index contributed by atoms with van der Waals surface area (Å²) >= 11 is 10.4. The monoisotopic (exact) mass is 235 g/mol. The van der Waals surface area contributed by atoms with E-state index in [0.717, 1.165) is 8.66 Å². The highest BCUT2D eigenvalue weighted by molar-refractivity contribution is 9.11. The molecule has 1 aromatic heterocycles. The zero-order valence-electron chi connectivity index (χ0n) is 4.84. The van der Waals surface area contributed by atoms with E-state index >= 15 is 0 Å². The molecule has 0 bridgehead atoms. The third-order valence-corrected chi connectivity index (χ3v) is 3.11. The number of alkyl halides is 1. The molecule has 0 aliphatic heterocycles. The highest BCUT2D eigenvalue weighted by Crippen LogP contribution is 2.30. The first-order valence-corrected chi connectivity index (χ1v) is 4.57. The van der Waals surface area contributed by atoms with Crippen LogP contribution in [0.4, 0.5) is 0 Å². The zero-order valence-corrected chi connectivity index (χ0v) is 8.00. The smallest absolute Gasteiger partial charge is 0.154 e. The van der Waals surface area contributed by atoms with Crippen LogP contribution >= 0.6 is 38.9 Å². The summed E-state index contributed by atoms with van der Waals surface area (Å²) in [7, 11) is 0. The van der Waals surface area contributed by atoms with E-state index in [1.165, 1.54) is 11.3 Å². The van der Waals surface area contributed by atoms with Gasteiger partial charge in [0, 0.05) is 4.88 Å². The van der Waals surface area contributed by atoms with Crippen LogP contribution in [-0.2, 0) is 0 Å². The van der Waals surface area contributed by atoms with Gasteiger partial charge in [0.05, 0.1) is 9.86 Å². The van der Waals surface area contributed by atoms with E-state index < -0.39 is 5.38 Å². The van der Waals surface area contributed by atoms with Gasteiger partial charge in [-0.05, 0) is 28.1 Å². The Bertz CT molecular complexity index is 265. The van der Waals surface area contributed by atoms with Gasteiger partial charge in [0.25, 0.3) is 0 Å². The maximum absolute atomic E-state index is 8.41. The highest BCUT2D eigenvalue weighted by atomic mass is 79.9. The summed E-state index contributed by atoms with van der Waals surface area (Å²) in [6.45, 7) is 0. The summed E-state index contributed by atoms with van der Waals surface area (Å²) in [5.74, 6) is 0. The standard InChI is InChI=1S/C6H3BrClNS/c7-6-2-1-5(10-6)4(8)3-9/h1-2,4H. The fraction of sp³-hybridized carbons (Fsp3) is 0.167. The Hall–Kier alpha value is -0.0400. The minimum Gasteiger partial charge on any atom is -0.196 e. The Morgan fingerprint density at radius 3 is 2.80 bits per heavy atom. The molecular formula is C6H3BrClNS. The molecule has 52 valence electrons. The van der Waals surface area contributed by atoms with Gasteiger partial charge in [-0.2, -0.15) is 5.26 Å². The molecular weight excluding hydrogens is 233 g/mol. The molecule has 0 amide bonds. The van der Waals surface area contributed by atoms with Crippen LogP contribution in [0.5, 0.6) is 0 Å². The van der Waals surface area contributed by atoms with E-state index in [1.54, 1.807) is 0 Å². The fourth-order valence-electron chi connectivity index (χ4n) is 0.528. The molecule has 0 aliphatic carbocycles. The van der Waals surface area contributed by atoms with E-state index in [0.29, 0.717) is 0 Å². The van der Waals surface area contributed by atoms with Crippen molar-refractivity contribution in [1.29, 1.82) is 5.26 Å². The van der Waals surface area contributed by atoms with Crippen LogP contribution in [-0.4, -0.2) is 0 Å². The molecule has 0 fully saturated rings. The van der Waals surface area contributed by atoms with Gasteiger partial charge in [-0.25, -0.2) is 0 Å². The predicted octanol–water partition coefficient (Wildman–Crippen LogP) is 3.31. The van der Waals surface area contributed by atoms with Gasteiger partial charge in [0.15, 0.2) is 5.38 Å². The van der Waals surface area contributed by atoms with Crippen LogP contribution in [0.1, 0.15) is 10.3 Å². The van der Waals surface area contributed by atoms with Crippen molar-refractivity contribution in [3.8, 4) is 6.07 Å². The Morgan fingerprint density at radius 2 is 2.40 bits per heavy atom. The van der Waals surface area contributed by atoms with Crippen molar-refractivity contribution in [3.05, 3.63) is 20.8 Å². The summed E-state index contributed by atoms with van der Waals surface area (Å²) in [5, 5.41) is 7.90. The number of rotatable bonds is 1. The summed E-state index contributed by atoms with van der Waals surface area (Å²) in [4.78, 5) is 0.885. The average molecular weight is 237 g/mol. The lowest BCUT2D eigenvalue weighted by Crippen LogP contribution is -1.76. The largest absolute Gasteiger partial charge is 0.196 e. The SMILES string of the molecule is N#CC(Cl)c1ccc(Br)s1. The zero-order chi connectivity index (χ0) is 7.56. The molecule has 0 saturated heterocycles. The van der Waals surface area contributed by atoms with E-state index in [-0.39, 0.29) is 0 Å². The van der Waals surface area contributed by atoms with Gasteiger partial charge in [-0.1, -0.05) is 0 Å². The second-order valence-corrected chi connectivity index (χ2v) is 4.56. The second kappa shape index (κ2) is 3.38. The van der Waals surface area contributed by atoms with E-state index in [1.807, 2.05) is 18.2 Å². The number of hydrogen-bond acceptors (Lipinski definition) is 2. The maximum Gasteiger partial charge on any atom is 0.154 e. The topological polar surface area (TPSA) is 23.8 Å². The van der Waals surface area contributed by atoms with Crippen molar-refractivity contribution in [1.82, 2.24) is 0 Å². The van der Waals surface area contributed by atoms with Gasteiger partial charge in [-0.15, -0.1) is 22.9 Å². The summed E-state index contributed by atoms with van der Waals surface area (Å²) < 4.78 is 1.00. The Kier molecular flexibility index (Phi) is 2.72. The highest BCUT2D eigenvalue weighted by Gasteiger charge is 2.07. The van der Waals surface area contributed by atoms with Crippen molar-refractivity contribution in [3.63, 3.8) is 0 Å². The molecule has 0 spiro atoms. The van der Waals surface area contributed by atoms with Crippen LogP contribution in [0.15, 0.2) is 15.9 Å². The minimum atomic E-state index is -0.503. The summed E-state index contributed by atoms with van der Waals surface area (Å²) in [5.41, 5.74) is 0. The molecule has 0 N–H and O–H groups in total. The number of nitrogens with zero attached hydrogens (tertiary/aromatic N) is 1. The molecule has 1 atom stereocenters. The number of nitriles is 1. The molecule has 10 heavy (non-hydrogen) atoms. The molecule has 1 aromatic rings. The van der Waals surface area contributed by atoms with Gasteiger partial charge in [0.1, 0.15) is 0 Å². The molecule has 0 saturated carbocycles. The molecule has 4 heteroatoms. The number of halogens is 2. The summed E-state index contributed by atoms with van der Waals surface area (Å²) in [6.07, 6.45) is 0. The predicted molar refractivity (Wildman–Crippen MR) is 46.2 cm³/mol. The first-order valence-electron chi connectivity index (χ1n) is 2.53. The van der Waals surface area contributed by atoms with Crippen LogP contribution in [0.25, 0.3) is 0 Å². The van der Waals surface area contributed by atoms with Gasteiger partial charge < -0.3 is 0 Å². The molecule has 1 rings (SSSR count). The van der Waals surface area contributed by atoms with Crippen molar-refractivity contribution in [2.24, 2.45) is 0 Å². The van der Waals surface area contributed by atoms with Gasteiger partial charge in [-0.3, -0.25) is 0 Å². The summed E-state index contributed by atoms with van der Waals surface area (Å²) in [6, 6.07) is 5.67. The van der Waals surface area contributed by atoms with Crippen LogP contribution in [0, 0.1) is 11.3 Å². The van der Waals surface area contributed by atoms with Crippen molar-refractivity contribution in [2.75, 3.05) is 0 Å². The van der Waals surface area contributed by atoms with Crippen LogP contribution in [0.3, 0.4) is 0 Å². The molecule has 0 aliphatic rings. The second-order valence-electron chi connectivity index (χ2n) is 1.63.